The highest BCUT2D eigenvalue weighted by Crippen LogP contribution is 2.25. The molecule has 1 aromatic carbocycles. The number of H-pyrrole nitrogens is 1. The lowest BCUT2D eigenvalue weighted by atomic mass is 10.0. The van der Waals surface area contributed by atoms with E-state index >= 15 is 0 Å². The molecular weight excluding hydrogens is 300 g/mol. The maximum Gasteiger partial charge on any atom is 0.155 e. The maximum absolute atomic E-state index is 4.79. The van der Waals surface area contributed by atoms with E-state index in [1.807, 2.05) is 24.7 Å². The number of aromatic nitrogens is 6. The molecule has 0 spiro atoms. The topological polar surface area (TPSA) is 72.3 Å². The molecule has 0 fully saturated rings. The van der Waals surface area contributed by atoms with Gasteiger partial charge in [0.1, 0.15) is 5.82 Å². The van der Waals surface area contributed by atoms with Crippen molar-refractivity contribution in [3.8, 4) is 11.4 Å². The number of nitrogens with one attached hydrogen (secondary N) is 1. The molecule has 3 heterocycles. The number of hydrogen-bond donors (Lipinski definition) is 1. The van der Waals surface area contributed by atoms with Crippen molar-refractivity contribution in [2.45, 2.75) is 20.3 Å². The first-order valence-corrected chi connectivity index (χ1v) is 7.87. The quantitative estimate of drug-likeness (QED) is 0.630. The normalized spacial score (nSPS) is 11.3. The minimum atomic E-state index is 0.712. The first-order chi connectivity index (χ1) is 11.6. The van der Waals surface area contributed by atoms with E-state index in [-0.39, 0.29) is 0 Å². The van der Waals surface area contributed by atoms with Gasteiger partial charge in [0.2, 0.25) is 0 Å². The average molecular weight is 318 g/mol. The highest BCUT2D eigenvalue weighted by molar-refractivity contribution is 5.85. The van der Waals surface area contributed by atoms with Gasteiger partial charge in [-0.25, -0.2) is 9.97 Å². The zero-order chi connectivity index (χ0) is 16.7. The fraction of sp³-hybridized carbons (Fsp3) is 0.222. The number of hydrogen-bond acceptors (Lipinski definition) is 4. The van der Waals surface area contributed by atoms with Gasteiger partial charge in [0.25, 0.3) is 0 Å². The summed E-state index contributed by atoms with van der Waals surface area (Å²) in [4.78, 5) is 9.17. The van der Waals surface area contributed by atoms with Gasteiger partial charge < -0.3 is 0 Å². The van der Waals surface area contributed by atoms with Crippen LogP contribution in [0.1, 0.15) is 22.8 Å². The van der Waals surface area contributed by atoms with Gasteiger partial charge in [0, 0.05) is 25.1 Å². The van der Waals surface area contributed by atoms with Crippen LogP contribution in [-0.2, 0) is 13.5 Å². The second-order valence-corrected chi connectivity index (χ2v) is 6.03. The molecule has 0 saturated heterocycles. The summed E-state index contributed by atoms with van der Waals surface area (Å²) >= 11 is 0. The number of fused-ring (bicyclic) bond motifs is 1. The molecule has 1 N–H and O–H groups in total. The monoisotopic (exact) mass is 318 g/mol. The first-order valence-electron chi connectivity index (χ1n) is 7.87. The van der Waals surface area contributed by atoms with Crippen LogP contribution in [0.5, 0.6) is 0 Å². The van der Waals surface area contributed by atoms with Gasteiger partial charge >= 0.3 is 0 Å². The van der Waals surface area contributed by atoms with E-state index in [0.29, 0.717) is 6.42 Å². The van der Waals surface area contributed by atoms with Crippen molar-refractivity contribution in [3.63, 3.8) is 0 Å². The van der Waals surface area contributed by atoms with E-state index in [1.54, 1.807) is 6.20 Å². The van der Waals surface area contributed by atoms with E-state index < -0.39 is 0 Å². The molecule has 0 bridgehead atoms. The van der Waals surface area contributed by atoms with Crippen LogP contribution in [0.25, 0.3) is 22.3 Å². The number of aryl methyl sites for hydroxylation is 3. The second kappa shape index (κ2) is 5.56. The maximum atomic E-state index is 4.79. The molecule has 24 heavy (non-hydrogen) atoms. The van der Waals surface area contributed by atoms with Crippen molar-refractivity contribution in [2.75, 3.05) is 0 Å². The highest BCUT2D eigenvalue weighted by atomic mass is 15.3. The smallest absolute Gasteiger partial charge is 0.155 e. The lowest BCUT2D eigenvalue weighted by molar-refractivity contribution is 0.773. The van der Waals surface area contributed by atoms with E-state index in [9.17, 15) is 0 Å². The summed E-state index contributed by atoms with van der Waals surface area (Å²) in [6.45, 7) is 4.02. The third-order valence-corrected chi connectivity index (χ3v) is 4.17. The van der Waals surface area contributed by atoms with Crippen molar-refractivity contribution >= 4 is 10.9 Å². The molecule has 0 amide bonds. The summed E-state index contributed by atoms with van der Waals surface area (Å²) in [6.07, 6.45) is 2.50. The standard InChI is InChI=1S/C18H18N6/c1-11-8-16(17-6-7-19-24(17)3)21-15-5-4-13(9-14(11)15)10-18-20-12(2)22-23-18/h4-9H,10H2,1-3H3,(H,20,22,23). The van der Waals surface area contributed by atoms with Gasteiger partial charge in [0.05, 0.1) is 16.9 Å². The Morgan fingerprint density at radius 3 is 2.67 bits per heavy atom. The fourth-order valence-electron chi connectivity index (χ4n) is 2.96. The molecule has 6 heteroatoms. The third-order valence-electron chi connectivity index (χ3n) is 4.17. The summed E-state index contributed by atoms with van der Waals surface area (Å²) in [5.41, 5.74) is 5.32. The van der Waals surface area contributed by atoms with Crippen LogP contribution in [0.15, 0.2) is 36.5 Å². The molecule has 0 unspecified atom stereocenters. The van der Waals surface area contributed by atoms with Gasteiger partial charge in [-0.3, -0.25) is 9.78 Å². The van der Waals surface area contributed by atoms with Crippen molar-refractivity contribution in [2.24, 2.45) is 7.05 Å². The van der Waals surface area contributed by atoms with Crippen LogP contribution in [-0.4, -0.2) is 29.9 Å². The van der Waals surface area contributed by atoms with E-state index in [2.05, 4.69) is 51.5 Å². The van der Waals surface area contributed by atoms with E-state index in [1.165, 1.54) is 11.1 Å². The van der Waals surface area contributed by atoms with Gasteiger partial charge in [-0.05, 0) is 49.2 Å². The number of rotatable bonds is 3. The Kier molecular flexibility index (Phi) is 3.37. The molecule has 3 aromatic heterocycles. The number of benzene rings is 1. The lowest BCUT2D eigenvalue weighted by Gasteiger charge is -2.08. The SMILES string of the molecule is Cc1nc(Cc2ccc3nc(-c4ccnn4C)cc(C)c3c2)n[nH]1. The largest absolute Gasteiger partial charge is 0.266 e. The highest BCUT2D eigenvalue weighted by Gasteiger charge is 2.09. The van der Waals surface area contributed by atoms with Gasteiger partial charge in [-0.1, -0.05) is 6.07 Å². The van der Waals surface area contributed by atoms with Crippen LogP contribution < -0.4 is 0 Å². The molecule has 0 aliphatic rings. The Hall–Kier alpha value is -3.02. The summed E-state index contributed by atoms with van der Waals surface area (Å²) in [7, 11) is 1.93. The van der Waals surface area contributed by atoms with Crippen molar-refractivity contribution in [3.05, 3.63) is 59.3 Å². The summed E-state index contributed by atoms with van der Waals surface area (Å²) < 4.78 is 1.84. The van der Waals surface area contributed by atoms with E-state index in [4.69, 9.17) is 4.98 Å². The van der Waals surface area contributed by atoms with Crippen molar-refractivity contribution < 1.29 is 0 Å². The third kappa shape index (κ3) is 2.56. The van der Waals surface area contributed by atoms with Crippen LogP contribution in [0.4, 0.5) is 0 Å². The van der Waals surface area contributed by atoms with Crippen LogP contribution in [0.3, 0.4) is 0 Å². The molecule has 0 atom stereocenters. The number of nitrogens with zero attached hydrogens (tertiary/aromatic N) is 5. The fourth-order valence-corrected chi connectivity index (χ4v) is 2.96. The molecule has 6 nitrogen and oxygen atoms in total. The molecule has 0 aliphatic heterocycles. The van der Waals surface area contributed by atoms with Gasteiger partial charge in [-0.15, -0.1) is 0 Å². The average Bonchev–Trinajstić information content (AvgIpc) is 3.16. The van der Waals surface area contributed by atoms with E-state index in [0.717, 1.165) is 33.9 Å². The van der Waals surface area contributed by atoms with Crippen molar-refractivity contribution in [1.29, 1.82) is 0 Å². The Labute approximate surface area is 139 Å². The molecule has 4 rings (SSSR count). The zero-order valence-corrected chi connectivity index (χ0v) is 13.9. The number of pyridine rings is 1. The Bertz CT molecular complexity index is 1030. The second-order valence-electron chi connectivity index (χ2n) is 6.03. The summed E-state index contributed by atoms with van der Waals surface area (Å²) in [6, 6.07) is 10.4. The molecule has 120 valence electrons. The predicted octanol–water partition coefficient (Wildman–Crippen LogP) is 2.96. The minimum Gasteiger partial charge on any atom is -0.266 e. The molecule has 0 radical (unpaired) electrons. The van der Waals surface area contributed by atoms with Crippen LogP contribution in [0.2, 0.25) is 0 Å². The van der Waals surface area contributed by atoms with Crippen LogP contribution in [0, 0.1) is 13.8 Å². The number of aromatic amines is 1. The Balaban J connectivity index is 1.75. The predicted molar refractivity (Wildman–Crippen MR) is 92.6 cm³/mol. The van der Waals surface area contributed by atoms with Crippen LogP contribution >= 0.6 is 0 Å². The first kappa shape index (κ1) is 14.6. The molecular formula is C18H18N6. The minimum absolute atomic E-state index is 0.712. The molecule has 0 saturated carbocycles. The Morgan fingerprint density at radius 1 is 1.08 bits per heavy atom. The molecule has 4 aromatic rings. The van der Waals surface area contributed by atoms with Gasteiger partial charge in [0.15, 0.2) is 5.82 Å². The Morgan fingerprint density at radius 2 is 1.96 bits per heavy atom. The summed E-state index contributed by atoms with van der Waals surface area (Å²) in [5.74, 6) is 1.65. The molecule has 0 aliphatic carbocycles. The lowest BCUT2D eigenvalue weighted by Crippen LogP contribution is -1.97. The van der Waals surface area contributed by atoms with Crippen molar-refractivity contribution in [1.82, 2.24) is 29.9 Å². The summed E-state index contributed by atoms with van der Waals surface area (Å²) in [5, 5.41) is 12.5. The van der Waals surface area contributed by atoms with Gasteiger partial charge in [-0.2, -0.15) is 10.2 Å². The zero-order valence-electron chi connectivity index (χ0n) is 13.9.